The van der Waals surface area contributed by atoms with E-state index in [4.69, 9.17) is 16.3 Å². The monoisotopic (exact) mass is 427 g/mol. The average Bonchev–Trinajstić information content (AvgIpc) is 3.09. The van der Waals surface area contributed by atoms with E-state index < -0.39 is 16.0 Å². The zero-order valence-corrected chi connectivity index (χ0v) is 17.2. The number of carbonyl (C=O) groups is 1. The van der Waals surface area contributed by atoms with Crippen LogP contribution < -0.4 is 0 Å². The summed E-state index contributed by atoms with van der Waals surface area (Å²) in [6.07, 6.45) is 0.300. The van der Waals surface area contributed by atoms with Gasteiger partial charge in [0.25, 0.3) is 10.0 Å². The number of esters is 1. The number of hydrogen-bond acceptors (Lipinski definition) is 4. The van der Waals surface area contributed by atoms with Gasteiger partial charge in [-0.25, -0.2) is 12.4 Å². The largest absolute Gasteiger partial charge is 0.469 e. The minimum Gasteiger partial charge on any atom is -0.469 e. The first-order valence-corrected chi connectivity index (χ1v) is 10.8. The highest BCUT2D eigenvalue weighted by Gasteiger charge is 2.25. The smallest absolute Gasteiger partial charge is 0.305 e. The van der Waals surface area contributed by atoms with Gasteiger partial charge in [0.05, 0.1) is 23.9 Å². The summed E-state index contributed by atoms with van der Waals surface area (Å²) in [6, 6.07) is 19.4. The van der Waals surface area contributed by atoms with Gasteiger partial charge in [-0.1, -0.05) is 48.0 Å². The van der Waals surface area contributed by atoms with Crippen molar-refractivity contribution in [3.05, 3.63) is 77.4 Å². The van der Waals surface area contributed by atoms with Gasteiger partial charge in [-0.2, -0.15) is 0 Å². The summed E-state index contributed by atoms with van der Waals surface area (Å²) in [6.45, 7) is 0. The Bertz CT molecular complexity index is 1340. The number of benzene rings is 3. The second-order valence-electron chi connectivity index (χ2n) is 6.66. The number of halogens is 1. The van der Waals surface area contributed by atoms with E-state index in [1.54, 1.807) is 42.5 Å². The molecule has 0 saturated carbocycles. The fraction of sp³-hybridized carbons (Fsp3) is 0.136. The molecule has 0 spiro atoms. The van der Waals surface area contributed by atoms with E-state index in [9.17, 15) is 13.2 Å². The number of methoxy groups -OCH3 is 1. The van der Waals surface area contributed by atoms with Crippen LogP contribution in [-0.4, -0.2) is 25.5 Å². The summed E-state index contributed by atoms with van der Waals surface area (Å²) in [4.78, 5) is 11.9. The van der Waals surface area contributed by atoms with E-state index in [-0.39, 0.29) is 17.7 Å². The molecule has 0 atom stereocenters. The Hall–Kier alpha value is -2.83. The second kappa shape index (κ2) is 7.54. The summed E-state index contributed by atoms with van der Waals surface area (Å²) in [5.41, 5.74) is 1.02. The molecule has 0 N–H and O–H groups in total. The fourth-order valence-corrected chi connectivity index (χ4v) is 5.50. The minimum atomic E-state index is -3.93. The number of aromatic nitrogens is 1. The Morgan fingerprint density at radius 1 is 1.00 bits per heavy atom. The third-order valence-electron chi connectivity index (χ3n) is 4.87. The van der Waals surface area contributed by atoms with Crippen LogP contribution in [0.5, 0.6) is 0 Å². The Morgan fingerprint density at radius 3 is 2.55 bits per heavy atom. The maximum absolute atomic E-state index is 13.8. The molecule has 0 unspecified atom stereocenters. The lowest BCUT2D eigenvalue weighted by atomic mass is 10.1. The molecule has 0 bridgehead atoms. The topological polar surface area (TPSA) is 65.4 Å². The van der Waals surface area contributed by atoms with Crippen LogP contribution in [0, 0.1) is 0 Å². The second-order valence-corrected chi connectivity index (χ2v) is 8.85. The fourth-order valence-electron chi connectivity index (χ4n) is 3.53. The lowest BCUT2D eigenvalue weighted by molar-refractivity contribution is -0.140. The van der Waals surface area contributed by atoms with Crippen molar-refractivity contribution in [1.29, 1.82) is 0 Å². The Labute approximate surface area is 173 Å². The normalized spacial score (nSPS) is 11.8. The first-order valence-electron chi connectivity index (χ1n) is 9.02. The lowest BCUT2D eigenvalue weighted by Crippen LogP contribution is -2.17. The van der Waals surface area contributed by atoms with Gasteiger partial charge in [-0.05, 0) is 42.1 Å². The third kappa shape index (κ3) is 3.50. The Morgan fingerprint density at radius 2 is 1.76 bits per heavy atom. The molecule has 0 aliphatic rings. The summed E-state index contributed by atoms with van der Waals surface area (Å²) in [5.74, 6) is -0.401. The molecule has 0 saturated heterocycles. The van der Waals surface area contributed by atoms with Crippen molar-refractivity contribution in [2.24, 2.45) is 0 Å². The van der Waals surface area contributed by atoms with Gasteiger partial charge in [0, 0.05) is 21.5 Å². The molecule has 0 aliphatic heterocycles. The van der Waals surface area contributed by atoms with E-state index >= 15 is 0 Å². The van der Waals surface area contributed by atoms with Gasteiger partial charge >= 0.3 is 5.97 Å². The van der Waals surface area contributed by atoms with E-state index in [0.717, 1.165) is 5.39 Å². The number of hydrogen-bond donors (Lipinski definition) is 0. The van der Waals surface area contributed by atoms with Gasteiger partial charge in [-0.15, -0.1) is 0 Å². The van der Waals surface area contributed by atoms with Crippen LogP contribution in [0.1, 0.15) is 12.1 Å². The summed E-state index contributed by atoms with van der Waals surface area (Å²) in [5, 5.41) is 2.69. The molecular weight excluding hydrogens is 410 g/mol. The molecule has 0 aliphatic carbocycles. The van der Waals surface area contributed by atoms with Crippen LogP contribution in [0.25, 0.3) is 21.7 Å². The van der Waals surface area contributed by atoms with Crippen molar-refractivity contribution in [3.8, 4) is 0 Å². The van der Waals surface area contributed by atoms with E-state index in [1.165, 1.54) is 11.1 Å². The molecular formula is C22H18ClNO4S. The molecule has 5 nitrogen and oxygen atoms in total. The summed E-state index contributed by atoms with van der Waals surface area (Å²) < 4.78 is 33.5. The molecule has 0 fully saturated rings. The third-order valence-corrected chi connectivity index (χ3v) is 6.93. The van der Waals surface area contributed by atoms with E-state index in [0.29, 0.717) is 27.0 Å². The zero-order valence-electron chi connectivity index (χ0n) is 15.6. The molecule has 4 aromatic rings. The first-order chi connectivity index (χ1) is 13.9. The predicted octanol–water partition coefficient (Wildman–Crippen LogP) is 4.79. The number of fused-ring (bicyclic) bond motifs is 2. The molecule has 0 radical (unpaired) electrons. The number of nitrogens with zero attached hydrogens (tertiary/aromatic N) is 1. The average molecular weight is 428 g/mol. The molecule has 29 heavy (non-hydrogen) atoms. The van der Waals surface area contributed by atoms with Gasteiger partial charge < -0.3 is 4.74 Å². The molecule has 1 heterocycles. The van der Waals surface area contributed by atoms with Crippen molar-refractivity contribution < 1.29 is 17.9 Å². The van der Waals surface area contributed by atoms with Gasteiger partial charge in [0.15, 0.2) is 0 Å². The maximum Gasteiger partial charge on any atom is 0.305 e. The highest BCUT2D eigenvalue weighted by atomic mass is 35.5. The van der Waals surface area contributed by atoms with Crippen LogP contribution in [-0.2, 0) is 26.0 Å². The van der Waals surface area contributed by atoms with Crippen molar-refractivity contribution in [3.63, 3.8) is 0 Å². The van der Waals surface area contributed by atoms with Crippen molar-refractivity contribution in [1.82, 2.24) is 3.97 Å². The Balaban J connectivity index is 1.96. The molecule has 7 heteroatoms. The van der Waals surface area contributed by atoms with Crippen LogP contribution in [0.4, 0.5) is 0 Å². The molecule has 4 rings (SSSR count). The number of carbonyl (C=O) groups excluding carboxylic acids is 1. The quantitative estimate of drug-likeness (QED) is 0.429. The van der Waals surface area contributed by atoms with Crippen LogP contribution >= 0.6 is 11.6 Å². The highest BCUT2D eigenvalue weighted by molar-refractivity contribution is 7.90. The maximum atomic E-state index is 13.8. The zero-order chi connectivity index (χ0) is 20.6. The minimum absolute atomic E-state index is 0.0750. The van der Waals surface area contributed by atoms with Crippen molar-refractivity contribution in [2.45, 2.75) is 17.7 Å². The molecule has 3 aromatic carbocycles. The predicted molar refractivity (Wildman–Crippen MR) is 114 cm³/mol. The van der Waals surface area contributed by atoms with Gasteiger partial charge in [0.1, 0.15) is 0 Å². The number of aryl methyl sites for hydroxylation is 1. The van der Waals surface area contributed by atoms with Crippen LogP contribution in [0.2, 0.25) is 5.02 Å². The summed E-state index contributed by atoms with van der Waals surface area (Å²) >= 11 is 6.11. The molecule has 1 aromatic heterocycles. The van der Waals surface area contributed by atoms with Crippen LogP contribution in [0.15, 0.2) is 71.6 Å². The molecule has 148 valence electrons. The highest BCUT2D eigenvalue weighted by Crippen LogP contribution is 2.31. The lowest BCUT2D eigenvalue weighted by Gasteiger charge is -2.14. The summed E-state index contributed by atoms with van der Waals surface area (Å²) in [7, 11) is -2.62. The molecule has 0 amide bonds. The van der Waals surface area contributed by atoms with Gasteiger partial charge in [0.2, 0.25) is 0 Å². The standard InChI is InChI=1S/C22H18ClNO4S/c1-28-22(25)12-10-18-14-16-13-17(23)9-11-20(16)24(18)29(26,27)21-8-4-6-15-5-2-3-7-19(15)21/h2-9,11,13-14H,10,12H2,1H3. The SMILES string of the molecule is COC(=O)CCc1cc2cc(Cl)ccc2n1S(=O)(=O)c1cccc2ccccc12. The van der Waals surface area contributed by atoms with Crippen molar-refractivity contribution >= 4 is 49.3 Å². The van der Waals surface area contributed by atoms with Crippen molar-refractivity contribution in [2.75, 3.05) is 7.11 Å². The van der Waals surface area contributed by atoms with E-state index in [2.05, 4.69) is 0 Å². The Kier molecular flexibility index (Phi) is 5.06. The van der Waals surface area contributed by atoms with Crippen LogP contribution in [0.3, 0.4) is 0 Å². The number of rotatable bonds is 5. The first kappa shape index (κ1) is 19.5. The van der Waals surface area contributed by atoms with E-state index in [1.807, 2.05) is 24.3 Å². The number of ether oxygens (including phenoxy) is 1. The van der Waals surface area contributed by atoms with Gasteiger partial charge in [-0.3, -0.25) is 4.79 Å².